The summed E-state index contributed by atoms with van der Waals surface area (Å²) in [4.78, 5) is 6.47. The van der Waals surface area contributed by atoms with Crippen LogP contribution >= 0.6 is 24.0 Å². The smallest absolute Gasteiger partial charge is 0.191 e. The summed E-state index contributed by atoms with van der Waals surface area (Å²) in [6.45, 7) is 4.37. The molecule has 0 unspecified atom stereocenters. The van der Waals surface area contributed by atoms with Crippen LogP contribution in [0.25, 0.3) is 11.0 Å². The molecule has 150 valence electrons. The van der Waals surface area contributed by atoms with Crippen molar-refractivity contribution in [3.63, 3.8) is 0 Å². The number of guanidine groups is 1. The topological polar surface area (TPSA) is 52.8 Å². The van der Waals surface area contributed by atoms with Crippen LogP contribution in [0.5, 0.6) is 0 Å². The molecule has 3 rings (SSSR count). The number of benzene rings is 2. The summed E-state index contributed by atoms with van der Waals surface area (Å²) in [7, 11) is 5.94. The Balaban J connectivity index is 0.00000280. The summed E-state index contributed by atoms with van der Waals surface area (Å²) in [6.07, 6.45) is 0. The largest absolute Gasteiger partial charge is 0.459 e. The van der Waals surface area contributed by atoms with Crippen molar-refractivity contribution in [1.82, 2.24) is 15.5 Å². The number of hydrogen-bond donors (Lipinski definition) is 2. The van der Waals surface area contributed by atoms with E-state index in [1.807, 2.05) is 18.2 Å². The molecule has 0 fully saturated rings. The van der Waals surface area contributed by atoms with Gasteiger partial charge >= 0.3 is 0 Å². The third-order valence-corrected chi connectivity index (χ3v) is 4.56. The molecule has 0 saturated heterocycles. The minimum Gasteiger partial charge on any atom is -0.459 e. The predicted octanol–water partition coefficient (Wildman–Crippen LogP) is 4.29. The lowest BCUT2D eigenvalue weighted by Gasteiger charge is -2.13. The number of hydrogen-bond acceptors (Lipinski definition) is 3. The van der Waals surface area contributed by atoms with E-state index < -0.39 is 0 Å². The number of para-hydroxylation sites is 1. The molecule has 0 bridgehead atoms. The minimum atomic E-state index is 0. The molecule has 0 amide bonds. The molecule has 0 saturated carbocycles. The molecule has 1 aromatic heterocycles. The molecule has 0 spiro atoms. The van der Waals surface area contributed by atoms with Crippen molar-refractivity contribution in [2.75, 3.05) is 21.1 Å². The molecule has 6 heteroatoms. The van der Waals surface area contributed by atoms with Gasteiger partial charge < -0.3 is 20.0 Å². The van der Waals surface area contributed by atoms with Gasteiger partial charge in [-0.05, 0) is 38.2 Å². The van der Waals surface area contributed by atoms with E-state index in [1.54, 1.807) is 7.05 Å². The standard InChI is InChI=1S/C22H28N4O.HI/c1-16-19-7-5-6-8-20(19)27-21(16)14-25-22(23-2)24-13-17-9-11-18(12-10-17)15-26(3)4;/h5-12H,13-15H2,1-4H3,(H2,23,24,25);1H. The van der Waals surface area contributed by atoms with Crippen LogP contribution in [0.1, 0.15) is 22.5 Å². The summed E-state index contributed by atoms with van der Waals surface area (Å²) in [5.41, 5.74) is 4.63. The normalized spacial score (nSPS) is 11.5. The van der Waals surface area contributed by atoms with Crippen LogP contribution in [0.2, 0.25) is 0 Å². The fraction of sp³-hybridized carbons (Fsp3) is 0.318. The maximum atomic E-state index is 5.95. The Kier molecular flexibility index (Phi) is 8.32. The van der Waals surface area contributed by atoms with Crippen molar-refractivity contribution in [3.8, 4) is 0 Å². The molecule has 5 nitrogen and oxygen atoms in total. The van der Waals surface area contributed by atoms with E-state index in [0.717, 1.165) is 35.8 Å². The highest BCUT2D eigenvalue weighted by atomic mass is 127. The molecule has 1 heterocycles. The molecular weight excluding hydrogens is 463 g/mol. The Labute approximate surface area is 184 Å². The summed E-state index contributed by atoms with van der Waals surface area (Å²) >= 11 is 0. The molecule has 2 aromatic carbocycles. The van der Waals surface area contributed by atoms with E-state index in [9.17, 15) is 0 Å². The van der Waals surface area contributed by atoms with Gasteiger partial charge in [0.1, 0.15) is 11.3 Å². The van der Waals surface area contributed by atoms with E-state index in [0.29, 0.717) is 6.54 Å². The first-order valence-electron chi connectivity index (χ1n) is 9.21. The number of halogens is 1. The van der Waals surface area contributed by atoms with Gasteiger partial charge in [-0.2, -0.15) is 0 Å². The Hall–Kier alpha value is -2.06. The number of aliphatic imine (C=N–C) groups is 1. The fourth-order valence-electron chi connectivity index (χ4n) is 3.09. The second kappa shape index (κ2) is 10.5. The molecule has 0 radical (unpaired) electrons. The zero-order chi connectivity index (χ0) is 19.2. The molecule has 28 heavy (non-hydrogen) atoms. The van der Waals surface area contributed by atoms with Crippen LogP contribution < -0.4 is 10.6 Å². The van der Waals surface area contributed by atoms with Crippen molar-refractivity contribution in [2.24, 2.45) is 4.99 Å². The average Bonchev–Trinajstić information content (AvgIpc) is 2.99. The molecular formula is C22H29IN4O. The SMILES string of the molecule is CN=C(NCc1ccc(CN(C)C)cc1)NCc1oc2ccccc2c1C.I. The van der Waals surface area contributed by atoms with E-state index in [1.165, 1.54) is 16.7 Å². The summed E-state index contributed by atoms with van der Waals surface area (Å²) in [6, 6.07) is 16.8. The quantitative estimate of drug-likeness (QED) is 0.307. The van der Waals surface area contributed by atoms with Gasteiger partial charge in [0.2, 0.25) is 0 Å². The van der Waals surface area contributed by atoms with Gasteiger partial charge in [-0.15, -0.1) is 24.0 Å². The highest BCUT2D eigenvalue weighted by Gasteiger charge is 2.10. The molecule has 0 aliphatic heterocycles. The van der Waals surface area contributed by atoms with Gasteiger partial charge in [0.25, 0.3) is 0 Å². The maximum absolute atomic E-state index is 5.95. The zero-order valence-electron chi connectivity index (χ0n) is 17.0. The van der Waals surface area contributed by atoms with E-state index >= 15 is 0 Å². The van der Waals surface area contributed by atoms with Crippen molar-refractivity contribution < 1.29 is 4.42 Å². The number of nitrogens with zero attached hydrogens (tertiary/aromatic N) is 2. The van der Waals surface area contributed by atoms with Gasteiger partial charge in [0, 0.05) is 31.1 Å². The van der Waals surface area contributed by atoms with Gasteiger partial charge in [-0.3, -0.25) is 4.99 Å². The lowest BCUT2D eigenvalue weighted by Crippen LogP contribution is -2.36. The van der Waals surface area contributed by atoms with Crippen LogP contribution in [0, 0.1) is 6.92 Å². The van der Waals surface area contributed by atoms with Crippen LogP contribution in [0.4, 0.5) is 0 Å². The highest BCUT2D eigenvalue weighted by molar-refractivity contribution is 14.0. The summed E-state index contributed by atoms with van der Waals surface area (Å²) in [5.74, 6) is 1.69. The van der Waals surface area contributed by atoms with Crippen LogP contribution in [0.15, 0.2) is 57.9 Å². The van der Waals surface area contributed by atoms with Gasteiger partial charge in [-0.25, -0.2) is 0 Å². The number of rotatable bonds is 6. The Morgan fingerprint density at radius 2 is 1.61 bits per heavy atom. The first kappa shape index (κ1) is 22.2. The summed E-state index contributed by atoms with van der Waals surface area (Å²) < 4.78 is 5.95. The second-order valence-electron chi connectivity index (χ2n) is 6.98. The minimum absolute atomic E-state index is 0. The lowest BCUT2D eigenvalue weighted by molar-refractivity contribution is 0.402. The number of aryl methyl sites for hydroxylation is 1. The van der Waals surface area contributed by atoms with Crippen molar-refractivity contribution >= 4 is 40.9 Å². The summed E-state index contributed by atoms with van der Waals surface area (Å²) in [5, 5.41) is 7.85. The monoisotopic (exact) mass is 492 g/mol. The molecule has 0 aliphatic rings. The molecule has 2 N–H and O–H groups in total. The highest BCUT2D eigenvalue weighted by Crippen LogP contribution is 2.24. The number of furan rings is 1. The van der Waals surface area contributed by atoms with E-state index in [2.05, 4.69) is 71.9 Å². The van der Waals surface area contributed by atoms with Gasteiger partial charge in [0.05, 0.1) is 6.54 Å². The third-order valence-electron chi connectivity index (χ3n) is 4.56. The number of nitrogens with one attached hydrogen (secondary N) is 2. The zero-order valence-corrected chi connectivity index (χ0v) is 19.3. The van der Waals surface area contributed by atoms with Crippen LogP contribution in [0.3, 0.4) is 0 Å². The van der Waals surface area contributed by atoms with E-state index in [4.69, 9.17) is 4.42 Å². The van der Waals surface area contributed by atoms with Gasteiger partial charge in [-0.1, -0.05) is 42.5 Å². The first-order valence-corrected chi connectivity index (χ1v) is 9.21. The van der Waals surface area contributed by atoms with Gasteiger partial charge in [0.15, 0.2) is 5.96 Å². The predicted molar refractivity (Wildman–Crippen MR) is 127 cm³/mol. The van der Waals surface area contributed by atoms with Crippen LogP contribution in [-0.2, 0) is 19.6 Å². The van der Waals surface area contributed by atoms with Crippen molar-refractivity contribution in [2.45, 2.75) is 26.6 Å². The third kappa shape index (κ3) is 5.72. The number of fused-ring (bicyclic) bond motifs is 1. The lowest BCUT2D eigenvalue weighted by atomic mass is 10.1. The second-order valence-corrected chi connectivity index (χ2v) is 6.98. The Bertz CT molecular complexity index is 916. The van der Waals surface area contributed by atoms with Crippen molar-refractivity contribution in [3.05, 3.63) is 71.0 Å². The van der Waals surface area contributed by atoms with Crippen LogP contribution in [-0.4, -0.2) is 32.0 Å². The molecule has 0 aliphatic carbocycles. The van der Waals surface area contributed by atoms with Crippen molar-refractivity contribution in [1.29, 1.82) is 0 Å². The Morgan fingerprint density at radius 1 is 0.964 bits per heavy atom. The van der Waals surface area contributed by atoms with E-state index in [-0.39, 0.29) is 24.0 Å². The molecule has 0 atom stereocenters. The average molecular weight is 492 g/mol. The Morgan fingerprint density at radius 3 is 2.25 bits per heavy atom. The maximum Gasteiger partial charge on any atom is 0.191 e. The fourth-order valence-corrected chi connectivity index (χ4v) is 3.09. The molecule has 3 aromatic rings. The first-order chi connectivity index (χ1) is 13.1.